The van der Waals surface area contributed by atoms with Gasteiger partial charge in [0.25, 0.3) is 0 Å². The van der Waals surface area contributed by atoms with Crippen LogP contribution in [0.4, 0.5) is 0 Å². The van der Waals surface area contributed by atoms with Gasteiger partial charge in [-0.05, 0) is 26.7 Å². The van der Waals surface area contributed by atoms with Crippen molar-refractivity contribution in [2.24, 2.45) is 10.9 Å². The standard InChI is InChI=1S/C14H22N4O/c1-3-18(4-2)13-16-12(19)11(10-15)14(17-13)8-6-5-7-9-14/h11H,3-9H2,1-2H3,(H,16,17,19)/t11-/m1/s1. The summed E-state index contributed by atoms with van der Waals surface area (Å²) in [7, 11) is 0. The first-order valence-corrected chi connectivity index (χ1v) is 7.22. The van der Waals surface area contributed by atoms with Crippen molar-refractivity contribution in [1.29, 1.82) is 5.26 Å². The molecule has 1 spiro atoms. The van der Waals surface area contributed by atoms with Crippen LogP contribution in [0, 0.1) is 17.2 Å². The number of rotatable bonds is 2. The summed E-state index contributed by atoms with van der Waals surface area (Å²) in [6.45, 7) is 5.70. The summed E-state index contributed by atoms with van der Waals surface area (Å²) in [5.41, 5.74) is -0.479. The van der Waals surface area contributed by atoms with E-state index in [2.05, 4.69) is 11.4 Å². The molecular weight excluding hydrogens is 240 g/mol. The Morgan fingerprint density at radius 2 is 2.00 bits per heavy atom. The molecule has 0 saturated heterocycles. The number of hydrogen-bond acceptors (Lipinski definition) is 4. The van der Waals surface area contributed by atoms with Gasteiger partial charge >= 0.3 is 0 Å². The van der Waals surface area contributed by atoms with Crippen molar-refractivity contribution in [3.05, 3.63) is 0 Å². The van der Waals surface area contributed by atoms with Gasteiger partial charge in [0.15, 0.2) is 5.92 Å². The molecule has 1 amide bonds. The molecule has 0 aromatic carbocycles. The van der Waals surface area contributed by atoms with Gasteiger partial charge in [-0.25, -0.2) is 4.99 Å². The lowest BCUT2D eigenvalue weighted by atomic mass is 9.72. The van der Waals surface area contributed by atoms with Crippen LogP contribution in [0.3, 0.4) is 0 Å². The fourth-order valence-corrected chi connectivity index (χ4v) is 3.15. The lowest BCUT2D eigenvalue weighted by Gasteiger charge is -2.41. The monoisotopic (exact) mass is 262 g/mol. The molecule has 0 aromatic rings. The smallest absolute Gasteiger partial charge is 0.246 e. The largest absolute Gasteiger partial charge is 0.343 e. The van der Waals surface area contributed by atoms with Crippen LogP contribution in [0.2, 0.25) is 0 Å². The molecule has 1 fully saturated rings. The van der Waals surface area contributed by atoms with E-state index in [9.17, 15) is 10.1 Å². The van der Waals surface area contributed by atoms with Crippen molar-refractivity contribution < 1.29 is 4.79 Å². The highest BCUT2D eigenvalue weighted by molar-refractivity contribution is 6.02. The number of nitriles is 1. The van der Waals surface area contributed by atoms with Gasteiger partial charge in [-0.1, -0.05) is 19.3 Å². The molecule has 0 unspecified atom stereocenters. The van der Waals surface area contributed by atoms with Crippen molar-refractivity contribution in [2.75, 3.05) is 13.1 Å². The van der Waals surface area contributed by atoms with Crippen LogP contribution in [-0.4, -0.2) is 35.4 Å². The number of carbonyl (C=O) groups excluding carboxylic acids is 1. The first-order valence-electron chi connectivity index (χ1n) is 7.22. The van der Waals surface area contributed by atoms with Gasteiger partial charge < -0.3 is 4.90 Å². The third-order valence-corrected chi connectivity index (χ3v) is 4.27. The van der Waals surface area contributed by atoms with Crippen LogP contribution in [0.1, 0.15) is 46.0 Å². The average Bonchev–Trinajstić information content (AvgIpc) is 2.41. The first-order chi connectivity index (χ1) is 9.16. The summed E-state index contributed by atoms with van der Waals surface area (Å²) in [6, 6.07) is 2.17. The molecule has 2 aliphatic rings. The Bertz CT molecular complexity index is 414. The van der Waals surface area contributed by atoms with Gasteiger partial charge in [-0.2, -0.15) is 5.26 Å². The molecule has 1 aliphatic carbocycles. The molecule has 19 heavy (non-hydrogen) atoms. The Balaban J connectivity index is 2.37. The Labute approximate surface area is 114 Å². The van der Waals surface area contributed by atoms with Crippen molar-refractivity contribution >= 4 is 11.9 Å². The highest BCUT2D eigenvalue weighted by atomic mass is 16.2. The normalized spacial score (nSPS) is 25.4. The molecule has 1 atom stereocenters. The summed E-state index contributed by atoms with van der Waals surface area (Å²) in [6.07, 6.45) is 4.99. The summed E-state index contributed by atoms with van der Waals surface area (Å²) in [5.74, 6) is -0.156. The molecule has 5 heteroatoms. The molecule has 0 aromatic heterocycles. The average molecular weight is 262 g/mol. The molecule has 104 valence electrons. The second kappa shape index (κ2) is 5.60. The summed E-state index contributed by atoms with van der Waals surface area (Å²) >= 11 is 0. The number of aliphatic imine (C=N–C) groups is 1. The number of amides is 1. The number of guanidine groups is 1. The van der Waals surface area contributed by atoms with Crippen LogP contribution in [0.15, 0.2) is 4.99 Å². The van der Waals surface area contributed by atoms with Crippen LogP contribution in [0.25, 0.3) is 0 Å². The SMILES string of the molecule is CCN(CC)C1=NC2(CCCCC2)[C@H](C#N)C(=O)N1. The Hall–Kier alpha value is -1.57. The van der Waals surface area contributed by atoms with Gasteiger partial charge in [-0.3, -0.25) is 10.1 Å². The van der Waals surface area contributed by atoms with Crippen molar-refractivity contribution in [2.45, 2.75) is 51.5 Å². The second-order valence-electron chi connectivity index (χ2n) is 5.32. The topological polar surface area (TPSA) is 68.5 Å². The summed E-state index contributed by atoms with van der Waals surface area (Å²) in [4.78, 5) is 19.1. The summed E-state index contributed by atoms with van der Waals surface area (Å²) in [5, 5.41) is 12.1. The summed E-state index contributed by atoms with van der Waals surface area (Å²) < 4.78 is 0. The van der Waals surface area contributed by atoms with E-state index in [1.807, 2.05) is 18.7 Å². The van der Waals surface area contributed by atoms with Crippen molar-refractivity contribution in [1.82, 2.24) is 10.2 Å². The zero-order chi connectivity index (χ0) is 13.9. The van der Waals surface area contributed by atoms with Crippen LogP contribution < -0.4 is 5.32 Å². The maximum Gasteiger partial charge on any atom is 0.246 e. The van der Waals surface area contributed by atoms with Gasteiger partial charge in [-0.15, -0.1) is 0 Å². The molecule has 1 saturated carbocycles. The molecule has 1 heterocycles. The zero-order valence-corrected chi connectivity index (χ0v) is 11.8. The lowest BCUT2D eigenvalue weighted by Crippen LogP contribution is -2.57. The molecule has 2 rings (SSSR count). The first kappa shape index (κ1) is 13.9. The Morgan fingerprint density at radius 1 is 1.37 bits per heavy atom. The second-order valence-corrected chi connectivity index (χ2v) is 5.32. The molecule has 1 N–H and O–H groups in total. The van der Waals surface area contributed by atoms with E-state index in [0.29, 0.717) is 5.96 Å². The molecule has 5 nitrogen and oxygen atoms in total. The zero-order valence-electron chi connectivity index (χ0n) is 11.8. The van der Waals surface area contributed by atoms with E-state index in [4.69, 9.17) is 4.99 Å². The predicted octanol–water partition coefficient (Wildman–Crippen LogP) is 1.66. The fraction of sp³-hybridized carbons (Fsp3) is 0.786. The minimum Gasteiger partial charge on any atom is -0.343 e. The molecule has 0 radical (unpaired) electrons. The van der Waals surface area contributed by atoms with E-state index >= 15 is 0 Å². The van der Waals surface area contributed by atoms with Crippen LogP contribution >= 0.6 is 0 Å². The van der Waals surface area contributed by atoms with Crippen molar-refractivity contribution in [3.8, 4) is 6.07 Å². The Morgan fingerprint density at radius 3 is 2.53 bits per heavy atom. The molecule has 0 bridgehead atoms. The highest BCUT2D eigenvalue weighted by Crippen LogP contribution is 2.39. The maximum absolute atomic E-state index is 12.2. The van der Waals surface area contributed by atoms with Gasteiger partial charge in [0, 0.05) is 13.1 Å². The van der Waals surface area contributed by atoms with Gasteiger partial charge in [0.2, 0.25) is 11.9 Å². The molecule has 1 aliphatic heterocycles. The lowest BCUT2D eigenvalue weighted by molar-refractivity contribution is -0.125. The quantitative estimate of drug-likeness (QED) is 0.822. The van der Waals surface area contributed by atoms with E-state index in [-0.39, 0.29) is 5.91 Å². The highest BCUT2D eigenvalue weighted by Gasteiger charge is 2.47. The number of hydrogen-bond donors (Lipinski definition) is 1. The maximum atomic E-state index is 12.2. The van der Waals surface area contributed by atoms with E-state index in [1.165, 1.54) is 6.42 Å². The van der Waals surface area contributed by atoms with Gasteiger partial charge in [0.1, 0.15) is 0 Å². The number of nitrogens with one attached hydrogen (secondary N) is 1. The van der Waals surface area contributed by atoms with E-state index in [0.717, 1.165) is 38.8 Å². The van der Waals surface area contributed by atoms with Crippen LogP contribution in [0.5, 0.6) is 0 Å². The number of carbonyl (C=O) groups is 1. The minimum absolute atomic E-state index is 0.179. The van der Waals surface area contributed by atoms with Gasteiger partial charge in [0.05, 0.1) is 11.6 Å². The van der Waals surface area contributed by atoms with E-state index < -0.39 is 11.5 Å². The molecular formula is C14H22N4O. The Kier molecular flexibility index (Phi) is 4.08. The van der Waals surface area contributed by atoms with Crippen molar-refractivity contribution in [3.63, 3.8) is 0 Å². The fourth-order valence-electron chi connectivity index (χ4n) is 3.15. The third-order valence-electron chi connectivity index (χ3n) is 4.27. The number of nitrogens with zero attached hydrogens (tertiary/aromatic N) is 3. The van der Waals surface area contributed by atoms with E-state index in [1.54, 1.807) is 0 Å². The van der Waals surface area contributed by atoms with Crippen LogP contribution in [-0.2, 0) is 4.79 Å². The predicted molar refractivity (Wildman–Crippen MR) is 73.4 cm³/mol. The third kappa shape index (κ3) is 2.44. The minimum atomic E-state index is -0.632.